The van der Waals surface area contributed by atoms with Gasteiger partial charge in [-0.05, 0) is 43.2 Å². The standard InChI is InChI=1S/C16H15N3O2/c1-3-21-13-7-4-12(5-8-13)6-9-15-11(2)14(10-17)16(20)19-18-15/h4-9H,3H2,1-2H3,(H,19,20)/b9-6+. The van der Waals surface area contributed by atoms with Crippen molar-refractivity contribution in [2.75, 3.05) is 6.61 Å². The van der Waals surface area contributed by atoms with Crippen molar-refractivity contribution in [2.45, 2.75) is 13.8 Å². The van der Waals surface area contributed by atoms with Gasteiger partial charge in [0.05, 0.1) is 12.3 Å². The van der Waals surface area contributed by atoms with Crippen LogP contribution in [0.25, 0.3) is 12.2 Å². The molecule has 2 rings (SSSR count). The second-order valence-electron chi connectivity index (χ2n) is 4.39. The molecule has 0 bridgehead atoms. The third kappa shape index (κ3) is 3.37. The number of nitrogens with zero attached hydrogens (tertiary/aromatic N) is 2. The summed E-state index contributed by atoms with van der Waals surface area (Å²) < 4.78 is 5.37. The average Bonchev–Trinajstić information content (AvgIpc) is 2.49. The fourth-order valence-corrected chi connectivity index (χ4v) is 1.86. The van der Waals surface area contributed by atoms with E-state index in [0.717, 1.165) is 11.3 Å². The van der Waals surface area contributed by atoms with Gasteiger partial charge in [-0.1, -0.05) is 18.2 Å². The molecule has 106 valence electrons. The Morgan fingerprint density at radius 1 is 1.33 bits per heavy atom. The predicted molar refractivity (Wildman–Crippen MR) is 80.8 cm³/mol. The Balaban J connectivity index is 2.26. The monoisotopic (exact) mass is 281 g/mol. The number of hydrogen-bond acceptors (Lipinski definition) is 4. The molecule has 2 aromatic rings. The highest BCUT2D eigenvalue weighted by Gasteiger charge is 2.07. The summed E-state index contributed by atoms with van der Waals surface area (Å²) in [5, 5.41) is 15.2. The number of nitriles is 1. The predicted octanol–water partition coefficient (Wildman–Crippen LogP) is 2.52. The lowest BCUT2D eigenvalue weighted by Gasteiger charge is -2.03. The van der Waals surface area contributed by atoms with Crippen LogP contribution in [0.5, 0.6) is 5.75 Å². The van der Waals surface area contributed by atoms with Crippen LogP contribution in [0.1, 0.15) is 29.3 Å². The molecule has 0 fully saturated rings. The first-order valence-electron chi connectivity index (χ1n) is 6.56. The van der Waals surface area contributed by atoms with Gasteiger partial charge < -0.3 is 4.74 Å². The van der Waals surface area contributed by atoms with Gasteiger partial charge in [0.1, 0.15) is 17.4 Å². The number of rotatable bonds is 4. The Morgan fingerprint density at radius 3 is 2.67 bits per heavy atom. The van der Waals surface area contributed by atoms with Crippen molar-refractivity contribution in [2.24, 2.45) is 0 Å². The van der Waals surface area contributed by atoms with E-state index in [9.17, 15) is 4.79 Å². The van der Waals surface area contributed by atoms with Crippen LogP contribution in [0.3, 0.4) is 0 Å². The van der Waals surface area contributed by atoms with Crippen LogP contribution in [-0.4, -0.2) is 16.8 Å². The average molecular weight is 281 g/mol. The zero-order valence-electron chi connectivity index (χ0n) is 11.9. The molecule has 0 saturated carbocycles. The number of H-pyrrole nitrogens is 1. The molecule has 0 radical (unpaired) electrons. The fraction of sp³-hybridized carbons (Fsp3) is 0.188. The number of ether oxygens (including phenoxy) is 1. The molecule has 5 heteroatoms. The van der Waals surface area contributed by atoms with Gasteiger partial charge in [0.25, 0.3) is 5.56 Å². The lowest BCUT2D eigenvalue weighted by molar-refractivity contribution is 0.340. The fourth-order valence-electron chi connectivity index (χ4n) is 1.86. The van der Waals surface area contributed by atoms with Crippen molar-refractivity contribution >= 4 is 12.2 Å². The first kappa shape index (κ1) is 14.5. The summed E-state index contributed by atoms with van der Waals surface area (Å²) >= 11 is 0. The molecular formula is C16H15N3O2. The van der Waals surface area contributed by atoms with Crippen molar-refractivity contribution in [3.63, 3.8) is 0 Å². The Bertz CT molecular complexity index is 753. The Morgan fingerprint density at radius 2 is 2.05 bits per heavy atom. The number of benzene rings is 1. The van der Waals surface area contributed by atoms with E-state index >= 15 is 0 Å². The number of nitrogens with one attached hydrogen (secondary N) is 1. The van der Waals surface area contributed by atoms with Crippen molar-refractivity contribution in [1.82, 2.24) is 10.2 Å². The van der Waals surface area contributed by atoms with Crippen LogP contribution in [-0.2, 0) is 0 Å². The highest BCUT2D eigenvalue weighted by Crippen LogP contribution is 2.15. The van der Waals surface area contributed by atoms with Crippen molar-refractivity contribution in [1.29, 1.82) is 5.26 Å². The molecule has 0 aliphatic heterocycles. The summed E-state index contributed by atoms with van der Waals surface area (Å²) in [7, 11) is 0. The summed E-state index contributed by atoms with van der Waals surface area (Å²) in [5.41, 5.74) is 1.75. The molecule has 1 aromatic carbocycles. The summed E-state index contributed by atoms with van der Waals surface area (Å²) in [6, 6.07) is 9.51. The van der Waals surface area contributed by atoms with Crippen molar-refractivity contribution < 1.29 is 4.74 Å². The molecule has 0 unspecified atom stereocenters. The Labute approximate surface area is 122 Å². The molecule has 0 saturated heterocycles. The highest BCUT2D eigenvalue weighted by atomic mass is 16.5. The zero-order chi connectivity index (χ0) is 15.2. The molecule has 0 spiro atoms. The van der Waals surface area contributed by atoms with E-state index in [2.05, 4.69) is 10.2 Å². The summed E-state index contributed by atoms with van der Waals surface area (Å²) in [6.07, 6.45) is 3.63. The van der Waals surface area contributed by atoms with Crippen molar-refractivity contribution in [3.8, 4) is 11.8 Å². The smallest absolute Gasteiger partial charge is 0.282 e. The van der Waals surface area contributed by atoms with E-state index < -0.39 is 5.56 Å². The van der Waals surface area contributed by atoms with E-state index in [-0.39, 0.29) is 5.56 Å². The van der Waals surface area contributed by atoms with Crippen LogP contribution in [0.4, 0.5) is 0 Å². The number of aromatic amines is 1. The topological polar surface area (TPSA) is 78.8 Å². The third-order valence-electron chi connectivity index (χ3n) is 3.00. The van der Waals surface area contributed by atoms with Crippen LogP contribution in [0.15, 0.2) is 29.1 Å². The SMILES string of the molecule is CCOc1ccc(/C=C/c2n[nH]c(=O)c(C#N)c2C)cc1. The highest BCUT2D eigenvalue weighted by molar-refractivity contribution is 5.70. The van der Waals surface area contributed by atoms with Crippen LogP contribution in [0.2, 0.25) is 0 Å². The molecule has 1 N–H and O–H groups in total. The van der Waals surface area contributed by atoms with Gasteiger partial charge in [0, 0.05) is 0 Å². The van der Waals surface area contributed by atoms with Gasteiger partial charge in [0.2, 0.25) is 0 Å². The molecule has 1 aromatic heterocycles. The molecule has 1 heterocycles. The second-order valence-corrected chi connectivity index (χ2v) is 4.39. The van der Waals surface area contributed by atoms with Gasteiger partial charge >= 0.3 is 0 Å². The van der Waals surface area contributed by atoms with Gasteiger partial charge in [-0.3, -0.25) is 4.79 Å². The first-order chi connectivity index (χ1) is 10.2. The maximum atomic E-state index is 11.4. The van der Waals surface area contributed by atoms with E-state index in [1.165, 1.54) is 0 Å². The van der Waals surface area contributed by atoms with E-state index in [1.807, 2.05) is 43.3 Å². The van der Waals surface area contributed by atoms with Gasteiger partial charge in [-0.15, -0.1) is 0 Å². The molecule has 0 atom stereocenters. The maximum absolute atomic E-state index is 11.4. The van der Waals surface area contributed by atoms with Crippen LogP contribution >= 0.6 is 0 Å². The van der Waals surface area contributed by atoms with E-state index in [4.69, 9.17) is 10.00 Å². The second kappa shape index (κ2) is 6.53. The maximum Gasteiger partial charge on any atom is 0.282 e. The molecule has 0 aliphatic carbocycles. The van der Waals surface area contributed by atoms with Gasteiger partial charge in [-0.25, -0.2) is 5.10 Å². The lowest BCUT2D eigenvalue weighted by atomic mass is 10.1. The third-order valence-corrected chi connectivity index (χ3v) is 3.00. The summed E-state index contributed by atoms with van der Waals surface area (Å²) in [6.45, 7) is 4.27. The molecule has 21 heavy (non-hydrogen) atoms. The van der Waals surface area contributed by atoms with Gasteiger partial charge in [-0.2, -0.15) is 10.4 Å². The molecule has 0 amide bonds. The first-order valence-corrected chi connectivity index (χ1v) is 6.56. The number of hydrogen-bond donors (Lipinski definition) is 1. The minimum Gasteiger partial charge on any atom is -0.494 e. The normalized spacial score (nSPS) is 10.5. The quantitative estimate of drug-likeness (QED) is 0.934. The molecular weight excluding hydrogens is 266 g/mol. The minimum atomic E-state index is -0.465. The summed E-state index contributed by atoms with van der Waals surface area (Å²) in [5.74, 6) is 0.819. The van der Waals surface area contributed by atoms with Crippen LogP contribution in [0, 0.1) is 18.3 Å². The lowest BCUT2D eigenvalue weighted by Crippen LogP contribution is -2.15. The van der Waals surface area contributed by atoms with E-state index in [1.54, 1.807) is 13.0 Å². The molecule has 0 aliphatic rings. The van der Waals surface area contributed by atoms with E-state index in [0.29, 0.717) is 17.9 Å². The van der Waals surface area contributed by atoms with Gasteiger partial charge in [0.15, 0.2) is 0 Å². The Kier molecular flexibility index (Phi) is 4.52. The molecule has 5 nitrogen and oxygen atoms in total. The summed E-state index contributed by atoms with van der Waals surface area (Å²) in [4.78, 5) is 11.4. The zero-order valence-corrected chi connectivity index (χ0v) is 11.9. The number of aromatic nitrogens is 2. The van der Waals surface area contributed by atoms with Crippen molar-refractivity contribution in [3.05, 3.63) is 57.0 Å². The minimum absolute atomic E-state index is 0.0938. The van der Waals surface area contributed by atoms with Crippen LogP contribution < -0.4 is 10.3 Å². The largest absolute Gasteiger partial charge is 0.494 e. The Hall–Kier alpha value is -2.87.